The van der Waals surface area contributed by atoms with Gasteiger partial charge in [-0.2, -0.15) is 5.26 Å². The summed E-state index contributed by atoms with van der Waals surface area (Å²) in [5.41, 5.74) is -1.38. The summed E-state index contributed by atoms with van der Waals surface area (Å²) in [7, 11) is 0. The zero-order valence-electron chi connectivity index (χ0n) is 6.06. The molecule has 68 valence electrons. The highest BCUT2D eigenvalue weighted by molar-refractivity contribution is 14.1. The first kappa shape index (κ1) is 10.2. The van der Waals surface area contributed by atoms with Crippen LogP contribution in [-0.4, -0.2) is 4.98 Å². The predicted octanol–water partition coefficient (Wildman–Crippen LogP) is 2.63. The van der Waals surface area contributed by atoms with E-state index in [0.29, 0.717) is 0 Å². The Labute approximate surface area is 85.5 Å². The van der Waals surface area contributed by atoms with Crippen LogP contribution in [0.5, 0.6) is 0 Å². The first-order chi connectivity index (χ1) is 6.06. The number of nitriles is 1. The second-order valence-electron chi connectivity index (χ2n) is 2.11. The van der Waals surface area contributed by atoms with Gasteiger partial charge in [-0.15, -0.1) is 0 Å². The summed E-state index contributed by atoms with van der Waals surface area (Å²) in [5, 5.41) is 8.35. The van der Waals surface area contributed by atoms with E-state index in [9.17, 15) is 13.2 Å². The van der Waals surface area contributed by atoms with E-state index < -0.39 is 23.5 Å². The van der Waals surface area contributed by atoms with Gasteiger partial charge in [0.2, 0.25) is 0 Å². The van der Waals surface area contributed by atoms with Crippen molar-refractivity contribution in [2.24, 2.45) is 0 Å². The fraction of sp³-hybridized carbons (Fsp3) is 0.143. The van der Waals surface area contributed by atoms with Crippen molar-refractivity contribution in [2.45, 2.75) is 6.43 Å². The molecule has 13 heavy (non-hydrogen) atoms. The molecule has 0 fully saturated rings. The largest absolute Gasteiger partial charge is 0.266 e. The smallest absolute Gasteiger partial charge is 0.228 e. The number of hydrogen-bond acceptors (Lipinski definition) is 2. The Balaban J connectivity index is 3.38. The summed E-state index contributed by atoms with van der Waals surface area (Å²) in [6.07, 6.45) is -2.93. The van der Waals surface area contributed by atoms with Crippen LogP contribution >= 0.6 is 22.6 Å². The topological polar surface area (TPSA) is 36.7 Å². The SMILES string of the molecule is N#Cc1nc(I)cc(C(F)F)c1F. The van der Waals surface area contributed by atoms with Gasteiger partial charge in [0.25, 0.3) is 6.43 Å². The lowest BCUT2D eigenvalue weighted by atomic mass is 10.2. The minimum Gasteiger partial charge on any atom is -0.228 e. The maximum absolute atomic E-state index is 12.9. The molecule has 1 aromatic rings. The van der Waals surface area contributed by atoms with Crippen LogP contribution in [-0.2, 0) is 0 Å². The molecule has 0 saturated heterocycles. The molecule has 1 heterocycles. The van der Waals surface area contributed by atoms with Gasteiger partial charge < -0.3 is 0 Å². The van der Waals surface area contributed by atoms with Gasteiger partial charge in [0.05, 0.1) is 5.56 Å². The van der Waals surface area contributed by atoms with E-state index in [4.69, 9.17) is 5.26 Å². The Morgan fingerprint density at radius 1 is 1.54 bits per heavy atom. The van der Waals surface area contributed by atoms with E-state index in [1.54, 1.807) is 22.6 Å². The van der Waals surface area contributed by atoms with E-state index in [1.807, 2.05) is 0 Å². The van der Waals surface area contributed by atoms with Crippen LogP contribution in [0.3, 0.4) is 0 Å². The number of halogens is 4. The van der Waals surface area contributed by atoms with Gasteiger partial charge in [0, 0.05) is 0 Å². The van der Waals surface area contributed by atoms with Gasteiger partial charge in [0.15, 0.2) is 11.5 Å². The molecule has 0 amide bonds. The highest BCUT2D eigenvalue weighted by Gasteiger charge is 2.18. The van der Waals surface area contributed by atoms with Crippen LogP contribution in [0.2, 0.25) is 0 Å². The molecule has 2 nitrogen and oxygen atoms in total. The third-order valence-corrected chi connectivity index (χ3v) is 1.85. The first-order valence-corrected chi connectivity index (χ1v) is 4.18. The Hall–Kier alpha value is -0.840. The number of nitrogens with zero attached hydrogens (tertiary/aromatic N) is 2. The Kier molecular flexibility index (Phi) is 3.08. The third-order valence-electron chi connectivity index (χ3n) is 1.30. The Bertz CT molecular complexity index is 373. The van der Waals surface area contributed by atoms with Gasteiger partial charge in [-0.1, -0.05) is 0 Å². The Morgan fingerprint density at radius 3 is 2.62 bits per heavy atom. The van der Waals surface area contributed by atoms with Crippen LogP contribution in [0.25, 0.3) is 0 Å². The molecular formula is C7H2F3IN2. The van der Waals surface area contributed by atoms with Crippen LogP contribution in [0.1, 0.15) is 17.7 Å². The standard InChI is InChI=1S/C7H2F3IN2/c8-6-3(7(9)10)1-5(11)13-4(6)2-12/h1,7H. The van der Waals surface area contributed by atoms with Crippen molar-refractivity contribution in [3.05, 3.63) is 26.8 Å². The monoisotopic (exact) mass is 298 g/mol. The lowest BCUT2D eigenvalue weighted by molar-refractivity contribution is 0.146. The molecule has 0 aliphatic carbocycles. The normalized spacial score (nSPS) is 10.2. The minimum atomic E-state index is -2.93. The van der Waals surface area contributed by atoms with Crippen LogP contribution in [0.4, 0.5) is 13.2 Å². The van der Waals surface area contributed by atoms with E-state index in [-0.39, 0.29) is 3.70 Å². The number of hydrogen-bond donors (Lipinski definition) is 0. The van der Waals surface area contributed by atoms with Crippen LogP contribution in [0.15, 0.2) is 6.07 Å². The third kappa shape index (κ3) is 2.09. The summed E-state index contributed by atoms with van der Waals surface area (Å²) in [6.45, 7) is 0. The summed E-state index contributed by atoms with van der Waals surface area (Å²) in [4.78, 5) is 3.45. The maximum atomic E-state index is 12.9. The van der Waals surface area contributed by atoms with Gasteiger partial charge >= 0.3 is 0 Å². The van der Waals surface area contributed by atoms with Gasteiger partial charge in [-0.25, -0.2) is 18.2 Å². The second-order valence-corrected chi connectivity index (χ2v) is 3.21. The van der Waals surface area contributed by atoms with Crippen molar-refractivity contribution in [1.29, 1.82) is 5.26 Å². The minimum absolute atomic E-state index is 0.172. The van der Waals surface area contributed by atoms with Crippen molar-refractivity contribution in [3.63, 3.8) is 0 Å². The molecule has 0 spiro atoms. The molecule has 1 aromatic heterocycles. The maximum Gasteiger partial charge on any atom is 0.266 e. The van der Waals surface area contributed by atoms with Crippen molar-refractivity contribution >= 4 is 22.6 Å². The van der Waals surface area contributed by atoms with Crippen LogP contribution in [0, 0.1) is 20.8 Å². The number of alkyl halides is 2. The summed E-state index contributed by atoms with van der Waals surface area (Å²) in [6, 6.07) is 2.33. The van der Waals surface area contributed by atoms with E-state index in [0.717, 1.165) is 6.07 Å². The fourth-order valence-corrected chi connectivity index (χ4v) is 1.33. The zero-order chi connectivity index (χ0) is 10.0. The molecule has 0 saturated carbocycles. The molecule has 0 aliphatic heterocycles. The van der Waals surface area contributed by atoms with Crippen molar-refractivity contribution in [2.75, 3.05) is 0 Å². The van der Waals surface area contributed by atoms with Crippen molar-refractivity contribution in [1.82, 2.24) is 4.98 Å². The lowest BCUT2D eigenvalue weighted by Gasteiger charge is -2.02. The molecule has 0 unspecified atom stereocenters. The van der Waals surface area contributed by atoms with Crippen molar-refractivity contribution in [3.8, 4) is 6.07 Å². The van der Waals surface area contributed by atoms with Gasteiger partial charge in [-0.3, -0.25) is 0 Å². The van der Waals surface area contributed by atoms with Crippen LogP contribution < -0.4 is 0 Å². The molecule has 0 atom stereocenters. The molecule has 6 heteroatoms. The molecule has 0 N–H and O–H groups in total. The number of rotatable bonds is 1. The zero-order valence-corrected chi connectivity index (χ0v) is 8.22. The second kappa shape index (κ2) is 3.91. The quantitative estimate of drug-likeness (QED) is 0.590. The fourth-order valence-electron chi connectivity index (χ4n) is 0.749. The van der Waals surface area contributed by atoms with Crippen molar-refractivity contribution < 1.29 is 13.2 Å². The highest BCUT2D eigenvalue weighted by Crippen LogP contribution is 2.24. The molecule has 0 bridgehead atoms. The first-order valence-electron chi connectivity index (χ1n) is 3.10. The lowest BCUT2D eigenvalue weighted by Crippen LogP contribution is -1.99. The Morgan fingerprint density at radius 2 is 2.15 bits per heavy atom. The van der Waals surface area contributed by atoms with E-state index >= 15 is 0 Å². The van der Waals surface area contributed by atoms with Gasteiger partial charge in [0.1, 0.15) is 9.77 Å². The summed E-state index contributed by atoms with van der Waals surface area (Å²) < 4.78 is 37.4. The molecule has 0 aliphatic rings. The molecular weight excluding hydrogens is 296 g/mol. The summed E-state index contributed by atoms with van der Waals surface area (Å²) >= 11 is 1.64. The van der Waals surface area contributed by atoms with E-state index in [1.165, 1.54) is 6.07 Å². The van der Waals surface area contributed by atoms with E-state index in [2.05, 4.69) is 4.98 Å². The highest BCUT2D eigenvalue weighted by atomic mass is 127. The number of aromatic nitrogens is 1. The molecule has 0 aromatic carbocycles. The number of pyridine rings is 1. The summed E-state index contributed by atoms with van der Waals surface area (Å²) in [5.74, 6) is -1.24. The average molecular weight is 298 g/mol. The molecule has 0 radical (unpaired) electrons. The predicted molar refractivity (Wildman–Crippen MR) is 46.6 cm³/mol. The average Bonchev–Trinajstić information content (AvgIpc) is 2.08. The van der Waals surface area contributed by atoms with Gasteiger partial charge in [-0.05, 0) is 28.7 Å². The molecule has 1 rings (SSSR count).